The molecule has 1 atom stereocenters. The van der Waals surface area contributed by atoms with Gasteiger partial charge in [-0.2, -0.15) is 13.2 Å². The summed E-state index contributed by atoms with van der Waals surface area (Å²) in [7, 11) is 2.11. The minimum atomic E-state index is -4.40. The fourth-order valence-corrected chi connectivity index (χ4v) is 2.40. The molecule has 0 aromatic heterocycles. The molecule has 17 heavy (non-hydrogen) atoms. The number of anilines is 1. The topological polar surface area (TPSA) is 3.24 Å². The molecule has 0 spiro atoms. The Hall–Kier alpha value is -0.470. The molecule has 1 aromatic carbocycles. The van der Waals surface area contributed by atoms with E-state index in [1.54, 1.807) is 18.7 Å². The SMILES string of the molecule is CCN(CC)c1c(Cl)ccc(P)c1C(F)(F)F. The zero-order valence-corrected chi connectivity index (χ0v) is 11.5. The molecule has 0 N–H and O–H groups in total. The number of nitrogens with zero attached hydrogens (tertiary/aromatic N) is 1. The van der Waals surface area contributed by atoms with Crippen LogP contribution in [0, 0.1) is 0 Å². The van der Waals surface area contributed by atoms with Crippen LogP contribution < -0.4 is 10.2 Å². The van der Waals surface area contributed by atoms with Gasteiger partial charge in [-0.3, -0.25) is 0 Å². The standard InChI is InChI=1S/C11H14ClF3NP/c1-3-16(4-2)10-7(12)5-6-8(17)9(10)11(13,14)15/h5-6H,3-4,17H2,1-2H3. The molecule has 1 unspecified atom stereocenters. The van der Waals surface area contributed by atoms with E-state index in [0.29, 0.717) is 13.1 Å². The average molecular weight is 284 g/mol. The summed E-state index contributed by atoms with van der Waals surface area (Å²) in [5.74, 6) is 0. The molecule has 0 aliphatic rings. The third-order valence-corrected chi connectivity index (χ3v) is 3.31. The monoisotopic (exact) mass is 283 g/mol. The summed E-state index contributed by atoms with van der Waals surface area (Å²) in [5, 5.41) is 0.246. The summed E-state index contributed by atoms with van der Waals surface area (Å²) >= 11 is 5.91. The molecule has 96 valence electrons. The van der Waals surface area contributed by atoms with Gasteiger partial charge >= 0.3 is 6.18 Å². The van der Waals surface area contributed by atoms with Crippen LogP contribution in [0.25, 0.3) is 0 Å². The highest BCUT2D eigenvalue weighted by atomic mass is 35.5. The van der Waals surface area contributed by atoms with E-state index in [9.17, 15) is 13.2 Å². The van der Waals surface area contributed by atoms with Crippen LogP contribution in [0.5, 0.6) is 0 Å². The first kappa shape index (κ1) is 14.6. The van der Waals surface area contributed by atoms with Gasteiger partial charge in [0.25, 0.3) is 0 Å². The Morgan fingerprint density at radius 3 is 2.18 bits per heavy atom. The number of hydrogen-bond acceptors (Lipinski definition) is 1. The predicted octanol–water partition coefficient (Wildman–Crippen LogP) is 3.71. The highest BCUT2D eigenvalue weighted by Crippen LogP contribution is 2.40. The molecule has 0 radical (unpaired) electrons. The third kappa shape index (κ3) is 3.05. The van der Waals surface area contributed by atoms with Gasteiger partial charge in [0, 0.05) is 13.1 Å². The largest absolute Gasteiger partial charge is 0.419 e. The van der Waals surface area contributed by atoms with Crippen molar-refractivity contribution in [3.05, 3.63) is 22.7 Å². The van der Waals surface area contributed by atoms with E-state index in [1.807, 2.05) is 0 Å². The quantitative estimate of drug-likeness (QED) is 0.765. The van der Waals surface area contributed by atoms with Gasteiger partial charge in [-0.05, 0) is 25.2 Å². The van der Waals surface area contributed by atoms with Crippen molar-refractivity contribution in [2.24, 2.45) is 0 Å². The predicted molar refractivity (Wildman–Crippen MR) is 69.4 cm³/mol. The fraction of sp³-hybridized carbons (Fsp3) is 0.455. The van der Waals surface area contributed by atoms with Gasteiger partial charge in [0.15, 0.2) is 0 Å². The summed E-state index contributed by atoms with van der Waals surface area (Å²) in [4.78, 5) is 1.61. The number of alkyl halides is 3. The molecule has 6 heteroatoms. The smallest absolute Gasteiger partial charge is 0.370 e. The van der Waals surface area contributed by atoms with Crippen LogP contribution >= 0.6 is 20.8 Å². The normalized spacial score (nSPS) is 11.7. The van der Waals surface area contributed by atoms with Crippen LogP contribution in [-0.2, 0) is 6.18 Å². The van der Waals surface area contributed by atoms with Crippen molar-refractivity contribution in [1.82, 2.24) is 0 Å². The van der Waals surface area contributed by atoms with Crippen LogP contribution in [0.4, 0.5) is 18.9 Å². The minimum absolute atomic E-state index is 0.0664. The average Bonchev–Trinajstić information content (AvgIpc) is 2.23. The van der Waals surface area contributed by atoms with Crippen LogP contribution in [0.3, 0.4) is 0 Å². The maximum absolute atomic E-state index is 13.0. The molecule has 0 heterocycles. The van der Waals surface area contributed by atoms with E-state index in [1.165, 1.54) is 12.1 Å². The van der Waals surface area contributed by atoms with Gasteiger partial charge in [0.1, 0.15) is 0 Å². The lowest BCUT2D eigenvalue weighted by Gasteiger charge is -2.27. The molecule has 0 amide bonds. The molecule has 0 bridgehead atoms. The number of hydrogen-bond donors (Lipinski definition) is 0. The van der Waals surface area contributed by atoms with Crippen LogP contribution in [0.2, 0.25) is 5.02 Å². The van der Waals surface area contributed by atoms with Gasteiger partial charge in [-0.15, -0.1) is 9.24 Å². The second-order valence-corrected chi connectivity index (χ2v) is 4.56. The molecule has 0 saturated carbocycles. The van der Waals surface area contributed by atoms with Crippen LogP contribution in [0.1, 0.15) is 19.4 Å². The first-order valence-corrected chi connectivity index (χ1v) is 6.18. The Labute approximate surface area is 106 Å². The Morgan fingerprint density at radius 1 is 1.24 bits per heavy atom. The summed E-state index contributed by atoms with van der Waals surface area (Å²) in [6.07, 6.45) is -4.40. The van der Waals surface area contributed by atoms with Crippen molar-refractivity contribution in [2.75, 3.05) is 18.0 Å². The molecule has 1 aromatic rings. The Morgan fingerprint density at radius 2 is 1.76 bits per heavy atom. The highest BCUT2D eigenvalue weighted by molar-refractivity contribution is 7.27. The van der Waals surface area contributed by atoms with Crippen molar-refractivity contribution in [1.29, 1.82) is 0 Å². The van der Waals surface area contributed by atoms with Gasteiger partial charge in [-0.25, -0.2) is 0 Å². The second kappa shape index (κ2) is 5.45. The minimum Gasteiger partial charge on any atom is -0.370 e. The number of benzene rings is 1. The van der Waals surface area contributed by atoms with E-state index in [2.05, 4.69) is 9.24 Å². The number of rotatable bonds is 3. The Kier molecular flexibility index (Phi) is 4.68. The van der Waals surface area contributed by atoms with E-state index in [4.69, 9.17) is 11.6 Å². The molecule has 0 saturated heterocycles. The maximum atomic E-state index is 13.0. The lowest BCUT2D eigenvalue weighted by atomic mass is 10.1. The third-order valence-electron chi connectivity index (χ3n) is 2.52. The van der Waals surface area contributed by atoms with Crippen molar-refractivity contribution in [3.63, 3.8) is 0 Å². The molecular formula is C11H14ClF3NP. The van der Waals surface area contributed by atoms with Crippen molar-refractivity contribution < 1.29 is 13.2 Å². The fourth-order valence-electron chi connectivity index (χ4n) is 1.73. The van der Waals surface area contributed by atoms with Gasteiger partial charge < -0.3 is 4.90 Å². The second-order valence-electron chi connectivity index (χ2n) is 3.53. The van der Waals surface area contributed by atoms with E-state index in [-0.39, 0.29) is 16.0 Å². The lowest BCUT2D eigenvalue weighted by molar-refractivity contribution is -0.136. The molecule has 0 aliphatic carbocycles. The lowest BCUT2D eigenvalue weighted by Crippen LogP contribution is -2.28. The van der Waals surface area contributed by atoms with Gasteiger partial charge in [-0.1, -0.05) is 17.7 Å². The van der Waals surface area contributed by atoms with E-state index < -0.39 is 11.7 Å². The zero-order valence-electron chi connectivity index (χ0n) is 9.61. The van der Waals surface area contributed by atoms with Crippen LogP contribution in [-0.4, -0.2) is 13.1 Å². The van der Waals surface area contributed by atoms with Gasteiger partial charge in [0.2, 0.25) is 0 Å². The molecule has 1 nitrogen and oxygen atoms in total. The Bertz CT molecular complexity index is 402. The van der Waals surface area contributed by atoms with Gasteiger partial charge in [0.05, 0.1) is 16.3 Å². The molecular weight excluding hydrogens is 270 g/mol. The van der Waals surface area contributed by atoms with Crippen LogP contribution in [0.15, 0.2) is 12.1 Å². The van der Waals surface area contributed by atoms with E-state index >= 15 is 0 Å². The molecule has 1 rings (SSSR count). The molecule has 0 fully saturated rings. The highest BCUT2D eigenvalue weighted by Gasteiger charge is 2.37. The summed E-state index contributed by atoms with van der Waals surface area (Å²) in [5.41, 5.74) is -0.602. The summed E-state index contributed by atoms with van der Waals surface area (Å²) in [6, 6.07) is 2.86. The number of halogens is 4. The first-order chi connectivity index (χ1) is 7.82. The maximum Gasteiger partial charge on any atom is 0.419 e. The first-order valence-electron chi connectivity index (χ1n) is 5.23. The van der Waals surface area contributed by atoms with Crippen molar-refractivity contribution in [2.45, 2.75) is 20.0 Å². The Balaban J connectivity index is 3.50. The van der Waals surface area contributed by atoms with Crippen molar-refractivity contribution in [3.8, 4) is 0 Å². The summed E-state index contributed by atoms with van der Waals surface area (Å²) in [6.45, 7) is 4.56. The molecule has 0 aliphatic heterocycles. The zero-order chi connectivity index (χ0) is 13.2. The van der Waals surface area contributed by atoms with E-state index in [0.717, 1.165) is 0 Å². The van der Waals surface area contributed by atoms with Crippen molar-refractivity contribution >= 4 is 31.8 Å². The summed E-state index contributed by atoms with van der Waals surface area (Å²) < 4.78 is 39.1.